The van der Waals surface area contributed by atoms with Crippen LogP contribution in [0.2, 0.25) is 0 Å². The molecule has 0 atom stereocenters. The Hall–Kier alpha value is -3.22. The molecule has 1 amide bonds. The molecule has 0 aliphatic heterocycles. The zero-order valence-electron chi connectivity index (χ0n) is 13.0. The average molecular weight is 344 g/mol. The molecule has 0 bridgehead atoms. The highest BCUT2D eigenvalue weighted by atomic mass is 19.1. The van der Waals surface area contributed by atoms with Gasteiger partial charge in [-0.3, -0.25) is 4.79 Å². The van der Waals surface area contributed by atoms with Gasteiger partial charge in [0.05, 0.1) is 6.54 Å². The highest BCUT2D eigenvalue weighted by Crippen LogP contribution is 2.20. The van der Waals surface area contributed by atoms with E-state index in [1.54, 1.807) is 24.3 Å². The summed E-state index contributed by atoms with van der Waals surface area (Å²) in [6.45, 7) is -0.187. The Morgan fingerprint density at radius 2 is 1.88 bits per heavy atom. The van der Waals surface area contributed by atoms with E-state index >= 15 is 0 Å². The number of hydrogen-bond donors (Lipinski definition) is 1. The predicted molar refractivity (Wildman–Crippen MR) is 85.6 cm³/mol. The maximum Gasteiger partial charge on any atom is 0.258 e. The molecule has 1 heterocycles. The molecule has 7 heteroatoms. The molecule has 0 spiro atoms. The first-order chi connectivity index (χ1) is 12.1. The van der Waals surface area contributed by atoms with Crippen molar-refractivity contribution >= 4 is 5.91 Å². The number of benzene rings is 2. The van der Waals surface area contributed by atoms with Crippen LogP contribution >= 0.6 is 0 Å². The van der Waals surface area contributed by atoms with Crippen molar-refractivity contribution < 1.29 is 22.8 Å². The molecule has 2 aromatic carbocycles. The van der Waals surface area contributed by atoms with Gasteiger partial charge in [0.1, 0.15) is 11.5 Å². The number of halogens is 2. The van der Waals surface area contributed by atoms with Crippen molar-refractivity contribution in [3.63, 3.8) is 0 Å². The normalized spacial score (nSPS) is 10.5. The van der Waals surface area contributed by atoms with E-state index in [0.29, 0.717) is 17.0 Å². The summed E-state index contributed by atoms with van der Waals surface area (Å²) in [6.07, 6.45) is 0. The molecule has 0 aliphatic carbocycles. The summed E-state index contributed by atoms with van der Waals surface area (Å²) < 4.78 is 36.6. The third kappa shape index (κ3) is 4.41. The van der Waals surface area contributed by atoms with Gasteiger partial charge in [0.15, 0.2) is 23.9 Å². The Morgan fingerprint density at radius 3 is 2.64 bits per heavy atom. The van der Waals surface area contributed by atoms with Gasteiger partial charge < -0.3 is 14.6 Å². The van der Waals surface area contributed by atoms with Gasteiger partial charge >= 0.3 is 0 Å². The zero-order valence-corrected chi connectivity index (χ0v) is 13.0. The van der Waals surface area contributed by atoms with Gasteiger partial charge in [0.2, 0.25) is 0 Å². The topological polar surface area (TPSA) is 64.4 Å². The van der Waals surface area contributed by atoms with Crippen LogP contribution in [0.3, 0.4) is 0 Å². The zero-order chi connectivity index (χ0) is 17.6. The molecule has 0 aliphatic rings. The number of amides is 1. The SMILES string of the molecule is O=C(COc1ccccc1F)NCc1cc(-c2ccc(F)cc2)on1. The van der Waals surface area contributed by atoms with E-state index in [9.17, 15) is 13.6 Å². The van der Waals surface area contributed by atoms with Crippen molar-refractivity contribution in [2.45, 2.75) is 6.54 Å². The van der Waals surface area contributed by atoms with Crippen LogP contribution in [0, 0.1) is 11.6 Å². The minimum Gasteiger partial charge on any atom is -0.481 e. The summed E-state index contributed by atoms with van der Waals surface area (Å²) in [5, 5.41) is 6.43. The number of nitrogens with one attached hydrogen (secondary N) is 1. The van der Waals surface area contributed by atoms with Gasteiger partial charge in [0, 0.05) is 11.6 Å². The van der Waals surface area contributed by atoms with E-state index < -0.39 is 11.7 Å². The summed E-state index contributed by atoms with van der Waals surface area (Å²) in [5.74, 6) is -0.819. The van der Waals surface area contributed by atoms with Gasteiger partial charge in [0.25, 0.3) is 5.91 Å². The molecule has 0 radical (unpaired) electrons. The molecular weight excluding hydrogens is 330 g/mol. The Morgan fingerprint density at radius 1 is 1.12 bits per heavy atom. The lowest BCUT2D eigenvalue weighted by Gasteiger charge is -2.06. The van der Waals surface area contributed by atoms with Gasteiger partial charge in [-0.25, -0.2) is 8.78 Å². The fourth-order valence-corrected chi connectivity index (χ4v) is 2.09. The predicted octanol–water partition coefficient (Wildman–Crippen LogP) is 3.32. The first kappa shape index (κ1) is 16.6. The van der Waals surface area contributed by atoms with Crippen LogP contribution in [0.15, 0.2) is 59.1 Å². The molecule has 0 saturated carbocycles. The van der Waals surface area contributed by atoms with E-state index in [-0.39, 0.29) is 24.7 Å². The first-order valence-corrected chi connectivity index (χ1v) is 7.47. The molecule has 3 rings (SSSR count). The molecule has 128 valence electrons. The lowest BCUT2D eigenvalue weighted by molar-refractivity contribution is -0.123. The minimum absolute atomic E-state index is 0.0117. The largest absolute Gasteiger partial charge is 0.481 e. The number of hydrogen-bond acceptors (Lipinski definition) is 4. The third-order valence-electron chi connectivity index (χ3n) is 3.35. The van der Waals surface area contributed by atoms with Crippen molar-refractivity contribution in [1.29, 1.82) is 0 Å². The van der Waals surface area contributed by atoms with Gasteiger partial charge in [-0.15, -0.1) is 0 Å². The van der Waals surface area contributed by atoms with Crippen LogP contribution in [-0.2, 0) is 11.3 Å². The van der Waals surface area contributed by atoms with Crippen molar-refractivity contribution in [1.82, 2.24) is 10.5 Å². The summed E-state index contributed by atoms with van der Waals surface area (Å²) in [5.41, 5.74) is 1.17. The molecule has 0 unspecified atom stereocenters. The number of nitrogens with zero attached hydrogens (tertiary/aromatic N) is 1. The Bertz CT molecular complexity index is 863. The van der Waals surface area contributed by atoms with Crippen molar-refractivity contribution in [2.75, 3.05) is 6.61 Å². The number of ether oxygens (including phenoxy) is 1. The number of aromatic nitrogens is 1. The summed E-state index contributed by atoms with van der Waals surface area (Å²) >= 11 is 0. The second kappa shape index (κ2) is 7.57. The van der Waals surface area contributed by atoms with Crippen LogP contribution in [0.1, 0.15) is 5.69 Å². The average Bonchev–Trinajstić information content (AvgIpc) is 3.09. The summed E-state index contributed by atoms with van der Waals surface area (Å²) in [7, 11) is 0. The number of carbonyl (C=O) groups is 1. The Balaban J connectivity index is 1.51. The first-order valence-electron chi connectivity index (χ1n) is 7.47. The number of carbonyl (C=O) groups excluding carboxylic acids is 1. The molecule has 1 aromatic heterocycles. The molecule has 0 fully saturated rings. The van der Waals surface area contributed by atoms with Crippen LogP contribution in [0.25, 0.3) is 11.3 Å². The number of rotatable bonds is 6. The second-order valence-electron chi connectivity index (χ2n) is 5.19. The quantitative estimate of drug-likeness (QED) is 0.745. The van der Waals surface area contributed by atoms with E-state index in [0.717, 1.165) is 0 Å². The maximum atomic E-state index is 13.4. The minimum atomic E-state index is -0.532. The standard InChI is InChI=1S/C18H14F2N2O3/c19-13-7-5-12(6-8-13)17-9-14(22-25-17)10-21-18(23)11-24-16-4-2-1-3-15(16)20/h1-9H,10-11H2,(H,21,23). The monoisotopic (exact) mass is 344 g/mol. The van der Waals surface area contributed by atoms with Crippen LogP contribution in [0.4, 0.5) is 8.78 Å². The molecular formula is C18H14F2N2O3. The fourth-order valence-electron chi connectivity index (χ4n) is 2.09. The molecule has 0 saturated heterocycles. The lowest BCUT2D eigenvalue weighted by atomic mass is 10.1. The maximum absolute atomic E-state index is 13.4. The Labute approximate surface area is 142 Å². The van der Waals surface area contributed by atoms with E-state index in [2.05, 4.69) is 10.5 Å². The smallest absolute Gasteiger partial charge is 0.258 e. The summed E-state index contributed by atoms with van der Waals surface area (Å²) in [4.78, 5) is 11.8. The molecule has 25 heavy (non-hydrogen) atoms. The van der Waals surface area contributed by atoms with E-state index in [1.807, 2.05) is 0 Å². The van der Waals surface area contributed by atoms with E-state index in [1.165, 1.54) is 30.3 Å². The van der Waals surface area contributed by atoms with Crippen molar-refractivity contribution in [3.05, 3.63) is 71.9 Å². The lowest BCUT2D eigenvalue weighted by Crippen LogP contribution is -2.28. The molecule has 5 nitrogen and oxygen atoms in total. The van der Waals surface area contributed by atoms with Gasteiger partial charge in [-0.1, -0.05) is 17.3 Å². The third-order valence-corrected chi connectivity index (χ3v) is 3.35. The van der Waals surface area contributed by atoms with Crippen LogP contribution in [0.5, 0.6) is 5.75 Å². The summed E-state index contributed by atoms with van der Waals surface area (Å²) in [6, 6.07) is 13.3. The fraction of sp³-hybridized carbons (Fsp3) is 0.111. The van der Waals surface area contributed by atoms with E-state index in [4.69, 9.17) is 9.26 Å². The van der Waals surface area contributed by atoms with Gasteiger partial charge in [-0.2, -0.15) is 0 Å². The van der Waals surface area contributed by atoms with Crippen molar-refractivity contribution in [2.24, 2.45) is 0 Å². The van der Waals surface area contributed by atoms with Crippen LogP contribution in [-0.4, -0.2) is 17.7 Å². The van der Waals surface area contributed by atoms with Crippen LogP contribution < -0.4 is 10.1 Å². The Kier molecular flexibility index (Phi) is 5.03. The number of para-hydroxylation sites is 1. The molecule has 3 aromatic rings. The molecule has 1 N–H and O–H groups in total. The van der Waals surface area contributed by atoms with Gasteiger partial charge in [-0.05, 0) is 36.4 Å². The highest BCUT2D eigenvalue weighted by molar-refractivity contribution is 5.77. The second-order valence-corrected chi connectivity index (χ2v) is 5.19. The highest BCUT2D eigenvalue weighted by Gasteiger charge is 2.10. The van der Waals surface area contributed by atoms with Crippen molar-refractivity contribution in [3.8, 4) is 17.1 Å².